The number of rotatable bonds is 5. The summed E-state index contributed by atoms with van der Waals surface area (Å²) in [6.45, 7) is 0.225. The Morgan fingerprint density at radius 2 is 1.82 bits per heavy atom. The van der Waals surface area contributed by atoms with Gasteiger partial charge in [-0.05, 0) is 36.0 Å². The second-order valence-electron chi connectivity index (χ2n) is 5.80. The van der Waals surface area contributed by atoms with E-state index < -0.39 is 29.9 Å². The Bertz CT molecular complexity index is 632. The molecule has 5 atom stereocenters. The van der Waals surface area contributed by atoms with Gasteiger partial charge in [-0.2, -0.15) is 0 Å². The van der Waals surface area contributed by atoms with Crippen LogP contribution in [0.5, 0.6) is 0 Å². The molecule has 7 heteroatoms. The first kappa shape index (κ1) is 15.6. The summed E-state index contributed by atoms with van der Waals surface area (Å²) in [6.07, 6.45) is 0.0115. The van der Waals surface area contributed by atoms with Crippen molar-refractivity contribution in [3.05, 3.63) is 33.8 Å². The van der Waals surface area contributed by atoms with Crippen LogP contribution in [-0.2, 0) is 20.9 Å². The van der Waals surface area contributed by atoms with Crippen LogP contribution >= 0.6 is 23.2 Å². The number of carboxylic acids is 2. The average Bonchev–Trinajstić information content (AvgIpc) is 3.01. The smallest absolute Gasteiger partial charge is 0.309 e. The molecule has 118 valence electrons. The average molecular weight is 345 g/mol. The Balaban J connectivity index is 1.65. The lowest BCUT2D eigenvalue weighted by atomic mass is 9.97. The molecule has 5 nitrogen and oxygen atoms in total. The van der Waals surface area contributed by atoms with Gasteiger partial charge in [0.2, 0.25) is 0 Å². The Kier molecular flexibility index (Phi) is 4.05. The van der Waals surface area contributed by atoms with Gasteiger partial charge in [-0.3, -0.25) is 9.59 Å². The van der Waals surface area contributed by atoms with Gasteiger partial charge in [0.15, 0.2) is 0 Å². The van der Waals surface area contributed by atoms with Crippen molar-refractivity contribution in [3.63, 3.8) is 0 Å². The molecular weight excluding hydrogens is 331 g/mol. The van der Waals surface area contributed by atoms with E-state index in [1.165, 1.54) is 0 Å². The van der Waals surface area contributed by atoms with Crippen molar-refractivity contribution in [2.24, 2.45) is 23.7 Å². The minimum Gasteiger partial charge on any atom is -0.481 e. The van der Waals surface area contributed by atoms with E-state index in [9.17, 15) is 14.7 Å². The summed E-state index contributed by atoms with van der Waals surface area (Å²) >= 11 is 11.8. The fraction of sp³-hybridized carbons (Fsp3) is 0.467. The maximum Gasteiger partial charge on any atom is 0.309 e. The number of hydrogen-bond acceptors (Lipinski definition) is 3. The molecule has 4 unspecified atom stereocenters. The van der Waals surface area contributed by atoms with Gasteiger partial charge in [0.25, 0.3) is 0 Å². The van der Waals surface area contributed by atoms with Crippen LogP contribution in [0.3, 0.4) is 0 Å². The summed E-state index contributed by atoms with van der Waals surface area (Å²) < 4.78 is 5.71. The molecule has 2 fully saturated rings. The molecule has 0 spiro atoms. The Morgan fingerprint density at radius 3 is 2.41 bits per heavy atom. The van der Waals surface area contributed by atoms with E-state index in [0.717, 1.165) is 5.56 Å². The lowest BCUT2D eigenvalue weighted by molar-refractivity contribution is -0.149. The lowest BCUT2D eigenvalue weighted by Gasteiger charge is -2.21. The number of aliphatic carboxylic acids is 2. The minimum atomic E-state index is -0.990. The predicted octanol–water partition coefficient (Wildman–Crippen LogP) is 2.93. The molecule has 0 saturated heterocycles. The van der Waals surface area contributed by atoms with Crippen LogP contribution in [0.15, 0.2) is 18.2 Å². The number of carbonyl (C=O) groups is 2. The largest absolute Gasteiger partial charge is 0.481 e. The number of hydrogen-bond donors (Lipinski definition) is 2. The van der Waals surface area contributed by atoms with E-state index in [1.807, 2.05) is 0 Å². The quantitative estimate of drug-likeness (QED) is 0.857. The van der Waals surface area contributed by atoms with E-state index in [2.05, 4.69) is 0 Å². The van der Waals surface area contributed by atoms with Crippen molar-refractivity contribution in [2.75, 3.05) is 0 Å². The van der Waals surface area contributed by atoms with Crippen LogP contribution < -0.4 is 0 Å². The molecule has 2 aliphatic carbocycles. The third-order valence-corrected chi connectivity index (χ3v) is 5.31. The Morgan fingerprint density at radius 1 is 1.14 bits per heavy atom. The highest BCUT2D eigenvalue weighted by molar-refractivity contribution is 6.42. The lowest BCUT2D eigenvalue weighted by Crippen LogP contribution is -2.31. The zero-order valence-corrected chi connectivity index (χ0v) is 12.9. The summed E-state index contributed by atoms with van der Waals surface area (Å²) in [5.41, 5.74) is 0.800. The normalized spacial score (nSPS) is 32.5. The highest BCUT2D eigenvalue weighted by Gasteiger charge is 2.67. The standard InChI is InChI=1S/C15H14Cl2O5/c16-8-2-1-6(3-9(8)17)5-22-10-4-7-11(12(7)14(18)19)13(10)15(20)21/h1-3,7,10-13H,4-5H2,(H,18,19)(H,20,21)/t7?,10?,11?,12?,13-/m1/s1. The van der Waals surface area contributed by atoms with Crippen molar-refractivity contribution in [1.29, 1.82) is 0 Å². The third-order valence-electron chi connectivity index (χ3n) is 4.57. The summed E-state index contributed by atoms with van der Waals surface area (Å²) in [6, 6.07) is 5.10. The van der Waals surface area contributed by atoms with Crippen LogP contribution in [0.2, 0.25) is 10.0 Å². The second kappa shape index (κ2) is 5.72. The zero-order valence-electron chi connectivity index (χ0n) is 11.4. The van der Waals surface area contributed by atoms with Crippen LogP contribution in [0.1, 0.15) is 12.0 Å². The van der Waals surface area contributed by atoms with Crippen molar-refractivity contribution in [3.8, 4) is 0 Å². The highest BCUT2D eigenvalue weighted by atomic mass is 35.5. The topological polar surface area (TPSA) is 83.8 Å². The van der Waals surface area contributed by atoms with Gasteiger partial charge in [0.1, 0.15) is 0 Å². The van der Waals surface area contributed by atoms with Gasteiger partial charge < -0.3 is 14.9 Å². The molecule has 0 amide bonds. The molecule has 2 saturated carbocycles. The molecule has 0 aromatic heterocycles. The molecule has 3 rings (SSSR count). The van der Waals surface area contributed by atoms with Crippen LogP contribution in [0, 0.1) is 23.7 Å². The zero-order chi connectivity index (χ0) is 16.0. The predicted molar refractivity (Wildman–Crippen MR) is 78.9 cm³/mol. The fourth-order valence-electron chi connectivity index (χ4n) is 3.53. The van der Waals surface area contributed by atoms with Crippen LogP contribution in [0.4, 0.5) is 0 Å². The van der Waals surface area contributed by atoms with Crippen molar-refractivity contribution in [2.45, 2.75) is 19.1 Å². The SMILES string of the molecule is O=C(O)C1C2CC(OCc3ccc(Cl)c(Cl)c3)[C@@H](C(=O)O)C21. The summed E-state index contributed by atoms with van der Waals surface area (Å²) in [4.78, 5) is 22.5. The maximum absolute atomic E-state index is 11.4. The van der Waals surface area contributed by atoms with Gasteiger partial charge in [-0.1, -0.05) is 29.3 Å². The van der Waals surface area contributed by atoms with E-state index in [0.29, 0.717) is 16.5 Å². The first-order valence-electron chi connectivity index (χ1n) is 6.91. The summed E-state index contributed by atoms with van der Waals surface area (Å²) in [5.74, 6) is -3.59. The van der Waals surface area contributed by atoms with Crippen molar-refractivity contribution < 1.29 is 24.5 Å². The van der Waals surface area contributed by atoms with E-state index in [-0.39, 0.29) is 18.4 Å². The van der Waals surface area contributed by atoms with Crippen LogP contribution in [0.25, 0.3) is 0 Å². The number of carboxylic acid groups (broad SMARTS) is 2. The highest BCUT2D eigenvalue weighted by Crippen LogP contribution is 2.61. The molecule has 2 aliphatic rings. The molecular formula is C15H14Cl2O5. The van der Waals surface area contributed by atoms with Crippen molar-refractivity contribution >= 4 is 35.1 Å². The minimum absolute atomic E-state index is 0.0857. The number of fused-ring (bicyclic) bond motifs is 1. The number of halogens is 2. The molecule has 1 aromatic rings. The van der Waals surface area contributed by atoms with Gasteiger partial charge in [0, 0.05) is 0 Å². The monoisotopic (exact) mass is 344 g/mol. The molecule has 22 heavy (non-hydrogen) atoms. The van der Waals surface area contributed by atoms with Crippen molar-refractivity contribution in [1.82, 2.24) is 0 Å². The number of ether oxygens (including phenoxy) is 1. The van der Waals surface area contributed by atoms with Crippen LogP contribution in [-0.4, -0.2) is 28.3 Å². The molecule has 0 heterocycles. The van der Waals surface area contributed by atoms with E-state index in [1.54, 1.807) is 18.2 Å². The molecule has 2 N–H and O–H groups in total. The Hall–Kier alpha value is -1.30. The first-order valence-corrected chi connectivity index (χ1v) is 7.67. The molecule has 0 aliphatic heterocycles. The molecule has 0 radical (unpaired) electrons. The van der Waals surface area contributed by atoms with Gasteiger partial charge >= 0.3 is 11.9 Å². The number of benzene rings is 1. The molecule has 1 aromatic carbocycles. The summed E-state index contributed by atoms with van der Waals surface area (Å²) in [5, 5.41) is 19.3. The van der Waals surface area contributed by atoms with Gasteiger partial charge in [-0.25, -0.2) is 0 Å². The first-order chi connectivity index (χ1) is 10.4. The molecule has 0 bridgehead atoms. The van der Waals surface area contributed by atoms with Gasteiger partial charge in [0.05, 0.1) is 34.6 Å². The van der Waals surface area contributed by atoms with Gasteiger partial charge in [-0.15, -0.1) is 0 Å². The van der Waals surface area contributed by atoms with E-state index in [4.69, 9.17) is 33.0 Å². The summed E-state index contributed by atoms with van der Waals surface area (Å²) in [7, 11) is 0. The maximum atomic E-state index is 11.4. The third kappa shape index (κ3) is 2.69. The van der Waals surface area contributed by atoms with E-state index >= 15 is 0 Å². The fourth-order valence-corrected chi connectivity index (χ4v) is 3.85. The Labute approximate surface area is 136 Å². The second-order valence-corrected chi connectivity index (χ2v) is 6.62.